The summed E-state index contributed by atoms with van der Waals surface area (Å²) in [4.78, 5) is 0. The Kier molecular flexibility index (Phi) is 4.04. The van der Waals surface area contributed by atoms with Crippen LogP contribution in [-0.4, -0.2) is 6.04 Å². The molecule has 1 nitrogen and oxygen atoms in total. The van der Waals surface area contributed by atoms with Gasteiger partial charge in [-0.3, -0.25) is 0 Å². The highest BCUT2D eigenvalue weighted by Gasteiger charge is 2.30. The van der Waals surface area contributed by atoms with Gasteiger partial charge in [0, 0.05) is 10.5 Å². The lowest BCUT2D eigenvalue weighted by Crippen LogP contribution is -2.34. The first-order chi connectivity index (χ1) is 9.61. The summed E-state index contributed by atoms with van der Waals surface area (Å²) >= 11 is 9.70. The van der Waals surface area contributed by atoms with Crippen molar-refractivity contribution in [2.75, 3.05) is 5.32 Å². The Morgan fingerprint density at radius 2 is 1.95 bits per heavy atom. The molecule has 104 valence electrons. The lowest BCUT2D eigenvalue weighted by atomic mass is 9.75. The predicted octanol–water partition coefficient (Wildman–Crippen LogP) is 5.77. The molecule has 2 aromatic rings. The zero-order valence-electron chi connectivity index (χ0n) is 11.4. The molecule has 0 amide bonds. The highest BCUT2D eigenvalue weighted by atomic mass is 79.9. The average Bonchev–Trinajstić information content (AvgIpc) is 2.37. The summed E-state index contributed by atoms with van der Waals surface area (Å²) < 4.78 is 1.05. The summed E-state index contributed by atoms with van der Waals surface area (Å²) in [5, 5.41) is 4.32. The van der Waals surface area contributed by atoms with E-state index < -0.39 is 0 Å². The molecular weight excluding hydrogens is 334 g/mol. The predicted molar refractivity (Wildman–Crippen MR) is 89.7 cm³/mol. The number of hydrogen-bond donors (Lipinski definition) is 1. The SMILES string of the molecule is Cc1cccc(C2CC(Nc3cc(Br)ccc3Cl)C2)c1. The van der Waals surface area contributed by atoms with Gasteiger partial charge in [-0.1, -0.05) is 57.4 Å². The van der Waals surface area contributed by atoms with Gasteiger partial charge in [0.15, 0.2) is 0 Å². The third-order valence-electron chi connectivity index (χ3n) is 3.94. The number of rotatable bonds is 3. The molecule has 20 heavy (non-hydrogen) atoms. The first-order valence-electron chi connectivity index (χ1n) is 6.90. The maximum absolute atomic E-state index is 6.21. The lowest BCUT2D eigenvalue weighted by Gasteiger charge is -2.37. The number of halogens is 2. The van der Waals surface area contributed by atoms with Gasteiger partial charge in [-0.2, -0.15) is 0 Å². The monoisotopic (exact) mass is 349 g/mol. The fraction of sp³-hybridized carbons (Fsp3) is 0.294. The minimum absolute atomic E-state index is 0.521. The largest absolute Gasteiger partial charge is 0.381 e. The first kappa shape index (κ1) is 14.0. The van der Waals surface area contributed by atoms with Crippen molar-refractivity contribution in [1.82, 2.24) is 0 Å². The molecule has 0 atom stereocenters. The van der Waals surface area contributed by atoms with E-state index in [2.05, 4.69) is 52.4 Å². The quantitative estimate of drug-likeness (QED) is 0.741. The smallest absolute Gasteiger partial charge is 0.0638 e. The van der Waals surface area contributed by atoms with E-state index in [-0.39, 0.29) is 0 Å². The zero-order chi connectivity index (χ0) is 14.1. The highest BCUT2D eigenvalue weighted by molar-refractivity contribution is 9.10. The van der Waals surface area contributed by atoms with Gasteiger partial charge in [-0.05, 0) is 49.4 Å². The van der Waals surface area contributed by atoms with E-state index in [1.165, 1.54) is 24.0 Å². The third kappa shape index (κ3) is 3.02. The molecule has 1 saturated carbocycles. The fourth-order valence-electron chi connectivity index (χ4n) is 2.76. The van der Waals surface area contributed by atoms with Crippen LogP contribution in [0.15, 0.2) is 46.9 Å². The molecule has 0 saturated heterocycles. The van der Waals surface area contributed by atoms with Crippen LogP contribution in [0.5, 0.6) is 0 Å². The summed E-state index contributed by atoms with van der Waals surface area (Å²) in [5.74, 6) is 0.679. The molecule has 2 aromatic carbocycles. The van der Waals surface area contributed by atoms with Crippen LogP contribution in [0.4, 0.5) is 5.69 Å². The van der Waals surface area contributed by atoms with Crippen LogP contribution in [0.1, 0.15) is 29.9 Å². The molecule has 1 N–H and O–H groups in total. The van der Waals surface area contributed by atoms with Crippen LogP contribution in [0.2, 0.25) is 5.02 Å². The standard InChI is InChI=1S/C17H17BrClN/c1-11-3-2-4-12(7-11)13-8-15(9-13)20-17-10-14(18)5-6-16(17)19/h2-7,10,13,15,20H,8-9H2,1H3. The van der Waals surface area contributed by atoms with Crippen LogP contribution in [-0.2, 0) is 0 Å². The van der Waals surface area contributed by atoms with Crippen molar-refractivity contribution in [1.29, 1.82) is 0 Å². The maximum Gasteiger partial charge on any atom is 0.0638 e. The summed E-state index contributed by atoms with van der Waals surface area (Å²) in [6.07, 6.45) is 2.35. The molecule has 0 unspecified atom stereocenters. The van der Waals surface area contributed by atoms with Gasteiger partial charge in [0.1, 0.15) is 0 Å². The Morgan fingerprint density at radius 1 is 1.15 bits per heavy atom. The summed E-state index contributed by atoms with van der Waals surface area (Å²) in [6, 6.07) is 15.3. The van der Waals surface area contributed by atoms with Crippen LogP contribution in [0, 0.1) is 6.92 Å². The van der Waals surface area contributed by atoms with E-state index in [1.807, 2.05) is 18.2 Å². The van der Waals surface area contributed by atoms with E-state index in [4.69, 9.17) is 11.6 Å². The van der Waals surface area contributed by atoms with E-state index in [0.717, 1.165) is 15.2 Å². The summed E-state index contributed by atoms with van der Waals surface area (Å²) in [6.45, 7) is 2.15. The van der Waals surface area contributed by atoms with Gasteiger partial charge in [0.2, 0.25) is 0 Å². The molecule has 1 fully saturated rings. The van der Waals surface area contributed by atoms with Crippen molar-refractivity contribution >= 4 is 33.2 Å². The molecule has 0 aromatic heterocycles. The molecule has 0 radical (unpaired) electrons. The average molecular weight is 351 g/mol. The summed E-state index contributed by atoms with van der Waals surface area (Å²) in [5.41, 5.74) is 3.83. The van der Waals surface area contributed by atoms with E-state index in [9.17, 15) is 0 Å². The highest BCUT2D eigenvalue weighted by Crippen LogP contribution is 2.39. The Bertz CT molecular complexity index is 620. The molecule has 0 aliphatic heterocycles. The third-order valence-corrected chi connectivity index (χ3v) is 4.76. The van der Waals surface area contributed by atoms with E-state index in [0.29, 0.717) is 12.0 Å². The molecule has 3 rings (SSSR count). The molecule has 3 heteroatoms. The number of anilines is 1. The Labute approximate surface area is 133 Å². The number of benzene rings is 2. The van der Waals surface area contributed by atoms with Gasteiger partial charge >= 0.3 is 0 Å². The van der Waals surface area contributed by atoms with Gasteiger partial charge in [-0.25, -0.2) is 0 Å². The molecule has 0 heterocycles. The van der Waals surface area contributed by atoms with Crippen molar-refractivity contribution in [2.45, 2.75) is 31.7 Å². The minimum atomic E-state index is 0.521. The molecule has 0 spiro atoms. The lowest BCUT2D eigenvalue weighted by molar-refractivity contribution is 0.374. The molecule has 1 aliphatic rings. The molecule has 1 aliphatic carbocycles. The van der Waals surface area contributed by atoms with Crippen molar-refractivity contribution in [3.8, 4) is 0 Å². The molecule has 0 bridgehead atoms. The van der Waals surface area contributed by atoms with Crippen molar-refractivity contribution in [2.24, 2.45) is 0 Å². The normalized spacial score (nSPS) is 21.4. The number of nitrogens with one attached hydrogen (secondary N) is 1. The van der Waals surface area contributed by atoms with Crippen molar-refractivity contribution in [3.05, 3.63) is 63.1 Å². The second-order valence-corrected chi connectivity index (χ2v) is 6.87. The molecular formula is C17H17BrClN. The number of hydrogen-bond acceptors (Lipinski definition) is 1. The van der Waals surface area contributed by atoms with E-state index in [1.54, 1.807) is 0 Å². The maximum atomic E-state index is 6.21. The Morgan fingerprint density at radius 3 is 2.70 bits per heavy atom. The minimum Gasteiger partial charge on any atom is -0.381 e. The van der Waals surface area contributed by atoms with Gasteiger partial charge in [0.25, 0.3) is 0 Å². The Balaban J connectivity index is 1.62. The number of aryl methyl sites for hydroxylation is 1. The van der Waals surface area contributed by atoms with E-state index >= 15 is 0 Å². The van der Waals surface area contributed by atoms with Crippen LogP contribution in [0.25, 0.3) is 0 Å². The van der Waals surface area contributed by atoms with Crippen molar-refractivity contribution in [3.63, 3.8) is 0 Å². The zero-order valence-corrected chi connectivity index (χ0v) is 13.7. The van der Waals surface area contributed by atoms with Crippen LogP contribution >= 0.6 is 27.5 Å². The summed E-state index contributed by atoms with van der Waals surface area (Å²) in [7, 11) is 0. The second-order valence-electron chi connectivity index (χ2n) is 5.55. The van der Waals surface area contributed by atoms with Gasteiger partial charge in [-0.15, -0.1) is 0 Å². The van der Waals surface area contributed by atoms with Crippen LogP contribution in [0.3, 0.4) is 0 Å². The van der Waals surface area contributed by atoms with Crippen molar-refractivity contribution < 1.29 is 0 Å². The Hall–Kier alpha value is -0.990. The second kappa shape index (κ2) is 5.79. The topological polar surface area (TPSA) is 12.0 Å². The van der Waals surface area contributed by atoms with Crippen LogP contribution < -0.4 is 5.32 Å². The fourth-order valence-corrected chi connectivity index (χ4v) is 3.29. The van der Waals surface area contributed by atoms with Gasteiger partial charge < -0.3 is 5.32 Å². The first-order valence-corrected chi connectivity index (χ1v) is 8.07. The van der Waals surface area contributed by atoms with Gasteiger partial charge in [0.05, 0.1) is 10.7 Å².